The lowest BCUT2D eigenvalue weighted by atomic mass is 9.96. The highest BCUT2D eigenvalue weighted by atomic mass is 35.5. The number of benzene rings is 3. The number of aromatic nitrogens is 1. The van der Waals surface area contributed by atoms with Crippen LogP contribution in [-0.2, 0) is 27.7 Å². The van der Waals surface area contributed by atoms with Gasteiger partial charge >= 0.3 is 0 Å². The molecule has 3 amide bonds. The normalized spacial score (nSPS) is 14.7. The van der Waals surface area contributed by atoms with Gasteiger partial charge in [0.25, 0.3) is 17.4 Å². The molecule has 50 heavy (non-hydrogen) atoms. The molecular weight excluding hydrogens is 658 g/mol. The number of nitrogens with one attached hydrogen (secondary N) is 2. The number of hydrogen-bond donors (Lipinski definition) is 2. The molecule has 3 aromatic carbocycles. The van der Waals surface area contributed by atoms with E-state index in [0.717, 1.165) is 41.0 Å². The minimum atomic E-state index is -0.440. The molecule has 0 saturated carbocycles. The Morgan fingerprint density at radius 1 is 0.840 bits per heavy atom. The molecule has 3 heterocycles. The van der Waals surface area contributed by atoms with Gasteiger partial charge in [0.05, 0.1) is 37.7 Å². The van der Waals surface area contributed by atoms with E-state index in [1.807, 2.05) is 55.5 Å². The van der Waals surface area contributed by atoms with Crippen LogP contribution in [0.4, 0.5) is 17.1 Å². The molecular formula is C38H40ClN5O6. The predicted molar refractivity (Wildman–Crippen MR) is 195 cm³/mol. The van der Waals surface area contributed by atoms with Crippen molar-refractivity contribution in [2.24, 2.45) is 7.05 Å². The number of carbonyl (C=O) groups is 3. The van der Waals surface area contributed by atoms with E-state index < -0.39 is 5.91 Å². The van der Waals surface area contributed by atoms with Crippen molar-refractivity contribution >= 4 is 46.4 Å². The molecule has 2 N–H and O–H groups in total. The first-order valence-corrected chi connectivity index (χ1v) is 17.1. The fourth-order valence-electron chi connectivity index (χ4n) is 6.31. The number of nitrogens with zero attached hydrogens (tertiary/aromatic N) is 3. The van der Waals surface area contributed by atoms with E-state index in [4.69, 9.17) is 21.1 Å². The molecule has 12 heteroatoms. The van der Waals surface area contributed by atoms with E-state index in [1.54, 1.807) is 36.3 Å². The largest absolute Gasteiger partial charge is 0.378 e. The second kappa shape index (κ2) is 15.7. The predicted octanol–water partition coefficient (Wildman–Crippen LogP) is 4.69. The van der Waals surface area contributed by atoms with Crippen molar-refractivity contribution in [3.05, 3.63) is 111 Å². The number of rotatable bonds is 9. The van der Waals surface area contributed by atoms with E-state index >= 15 is 0 Å². The SMILES string of the molecule is Cc1c(NC(=O)c2ccc(N3CCOCC3)cc2)cccc1-c1cc(Cc2ccc(C(=O)N3CCOCC3)c(NC(=O)CCl)c2)c(=O)n(C)c1. The number of alkyl halides is 1. The molecule has 2 fully saturated rings. The molecule has 6 rings (SSSR count). The van der Waals surface area contributed by atoms with Crippen LogP contribution in [0.2, 0.25) is 0 Å². The van der Waals surface area contributed by atoms with Crippen LogP contribution < -0.4 is 21.1 Å². The van der Waals surface area contributed by atoms with E-state index in [2.05, 4.69) is 15.5 Å². The molecule has 2 aliphatic rings. The van der Waals surface area contributed by atoms with Gasteiger partial charge < -0.3 is 34.5 Å². The van der Waals surface area contributed by atoms with Gasteiger partial charge in [-0.05, 0) is 77.7 Å². The number of aryl methyl sites for hydroxylation is 1. The van der Waals surface area contributed by atoms with Gasteiger partial charge in [0.2, 0.25) is 5.91 Å². The Kier molecular flexibility index (Phi) is 11.0. The van der Waals surface area contributed by atoms with Crippen molar-refractivity contribution in [3.63, 3.8) is 0 Å². The van der Waals surface area contributed by atoms with Gasteiger partial charge in [-0.3, -0.25) is 19.2 Å². The number of anilines is 3. The topological polar surface area (TPSA) is 122 Å². The van der Waals surface area contributed by atoms with Crippen LogP contribution >= 0.6 is 11.6 Å². The van der Waals surface area contributed by atoms with Crippen molar-refractivity contribution in [2.45, 2.75) is 13.3 Å². The first-order valence-electron chi connectivity index (χ1n) is 16.6. The summed E-state index contributed by atoms with van der Waals surface area (Å²) in [6, 6.07) is 20.3. The van der Waals surface area contributed by atoms with Crippen molar-refractivity contribution in [1.29, 1.82) is 0 Å². The van der Waals surface area contributed by atoms with Crippen LogP contribution in [0.5, 0.6) is 0 Å². The Morgan fingerprint density at radius 2 is 1.54 bits per heavy atom. The zero-order valence-electron chi connectivity index (χ0n) is 28.2. The summed E-state index contributed by atoms with van der Waals surface area (Å²) in [6.45, 7) is 6.77. The number of morpholine rings is 2. The number of carbonyl (C=O) groups excluding carboxylic acids is 3. The number of halogens is 1. The monoisotopic (exact) mass is 697 g/mol. The highest BCUT2D eigenvalue weighted by Crippen LogP contribution is 2.30. The molecule has 11 nitrogen and oxygen atoms in total. The lowest BCUT2D eigenvalue weighted by Crippen LogP contribution is -2.41. The number of pyridine rings is 1. The maximum Gasteiger partial charge on any atom is 0.256 e. The molecule has 0 spiro atoms. The molecule has 0 bridgehead atoms. The number of ether oxygens (including phenoxy) is 2. The molecule has 260 valence electrons. The molecule has 0 atom stereocenters. The van der Waals surface area contributed by atoms with E-state index in [1.165, 1.54) is 4.57 Å². The molecule has 0 aliphatic carbocycles. The summed E-state index contributed by atoms with van der Waals surface area (Å²) in [5.41, 5.74) is 6.58. The summed E-state index contributed by atoms with van der Waals surface area (Å²) >= 11 is 5.78. The summed E-state index contributed by atoms with van der Waals surface area (Å²) in [5, 5.41) is 5.81. The number of amides is 3. The van der Waals surface area contributed by atoms with Crippen molar-refractivity contribution in [3.8, 4) is 11.1 Å². The maximum absolute atomic E-state index is 13.4. The Morgan fingerprint density at radius 3 is 2.24 bits per heavy atom. The Labute approximate surface area is 295 Å². The van der Waals surface area contributed by atoms with E-state index in [-0.39, 0.29) is 29.7 Å². The average Bonchev–Trinajstić information content (AvgIpc) is 3.15. The third kappa shape index (κ3) is 7.91. The van der Waals surface area contributed by atoms with Gasteiger partial charge in [-0.25, -0.2) is 0 Å². The van der Waals surface area contributed by atoms with Gasteiger partial charge in [0, 0.05) is 68.3 Å². The average molecular weight is 698 g/mol. The summed E-state index contributed by atoms with van der Waals surface area (Å²) in [6.07, 6.45) is 2.03. The molecule has 0 unspecified atom stereocenters. The van der Waals surface area contributed by atoms with Crippen LogP contribution in [0.3, 0.4) is 0 Å². The van der Waals surface area contributed by atoms with Crippen LogP contribution in [0, 0.1) is 6.92 Å². The highest BCUT2D eigenvalue weighted by Gasteiger charge is 2.23. The Balaban J connectivity index is 1.24. The van der Waals surface area contributed by atoms with E-state index in [9.17, 15) is 19.2 Å². The summed E-state index contributed by atoms with van der Waals surface area (Å²) in [4.78, 5) is 56.2. The van der Waals surface area contributed by atoms with Crippen LogP contribution in [-0.4, -0.2) is 85.7 Å². The van der Waals surface area contributed by atoms with Gasteiger partial charge in [-0.15, -0.1) is 11.6 Å². The molecule has 2 saturated heterocycles. The smallest absolute Gasteiger partial charge is 0.256 e. The molecule has 0 radical (unpaired) electrons. The third-order valence-corrected chi connectivity index (χ3v) is 9.30. The lowest BCUT2D eigenvalue weighted by Gasteiger charge is -2.28. The second-order valence-corrected chi connectivity index (χ2v) is 12.7. The molecule has 1 aromatic heterocycles. The van der Waals surface area contributed by atoms with Gasteiger partial charge in [0.1, 0.15) is 5.88 Å². The van der Waals surface area contributed by atoms with Crippen molar-refractivity contribution in [1.82, 2.24) is 9.47 Å². The fourth-order valence-corrected chi connectivity index (χ4v) is 6.38. The zero-order valence-corrected chi connectivity index (χ0v) is 28.9. The maximum atomic E-state index is 13.4. The van der Waals surface area contributed by atoms with Gasteiger partial charge in [0.15, 0.2) is 0 Å². The second-order valence-electron chi connectivity index (χ2n) is 12.4. The summed E-state index contributed by atoms with van der Waals surface area (Å²) < 4.78 is 12.4. The Hall–Kier alpha value is -4.97. The lowest BCUT2D eigenvalue weighted by molar-refractivity contribution is -0.113. The summed E-state index contributed by atoms with van der Waals surface area (Å²) in [5.74, 6) is -1.13. The van der Waals surface area contributed by atoms with Crippen LogP contribution in [0.15, 0.2) is 77.7 Å². The van der Waals surface area contributed by atoms with Gasteiger partial charge in [-0.1, -0.05) is 18.2 Å². The highest BCUT2D eigenvalue weighted by molar-refractivity contribution is 6.29. The first kappa shape index (κ1) is 34.9. The first-order chi connectivity index (χ1) is 24.2. The minimum absolute atomic E-state index is 0.170. The fraction of sp³-hybridized carbons (Fsp3) is 0.316. The quantitative estimate of drug-likeness (QED) is 0.244. The molecule has 2 aliphatic heterocycles. The zero-order chi connectivity index (χ0) is 35.2. The van der Waals surface area contributed by atoms with Crippen LogP contribution in [0.25, 0.3) is 11.1 Å². The third-order valence-electron chi connectivity index (χ3n) is 9.06. The minimum Gasteiger partial charge on any atom is -0.378 e. The number of hydrogen-bond acceptors (Lipinski definition) is 7. The standard InChI is InChI=1S/C38H40ClN5O6/c1-25-31(4-3-5-33(25)41-36(46)27-7-9-30(10-8-27)43-12-16-49-17-13-43)29-22-28(37(47)42(2)24-29)20-26-6-11-32(34(21-26)40-35(45)23-39)38(48)44-14-18-50-19-15-44/h3-11,21-22,24H,12-20,23H2,1-2H3,(H,40,45)(H,41,46). The van der Waals surface area contributed by atoms with E-state index in [0.29, 0.717) is 67.6 Å². The van der Waals surface area contributed by atoms with Crippen molar-refractivity contribution < 1.29 is 23.9 Å². The van der Waals surface area contributed by atoms with Gasteiger partial charge in [-0.2, -0.15) is 0 Å². The summed E-state index contributed by atoms with van der Waals surface area (Å²) in [7, 11) is 1.70. The van der Waals surface area contributed by atoms with Crippen LogP contribution in [0.1, 0.15) is 37.4 Å². The molecule has 4 aromatic rings. The Bertz CT molecular complexity index is 1950. The van der Waals surface area contributed by atoms with Crippen molar-refractivity contribution in [2.75, 3.05) is 74.0 Å².